The zero-order valence-electron chi connectivity index (χ0n) is 13.9. The number of carbonyl (C=O) groups excluding carboxylic acids is 2. The third kappa shape index (κ3) is 4.84. The fourth-order valence-corrected chi connectivity index (χ4v) is 2.82. The van der Waals surface area contributed by atoms with Crippen LogP contribution in [-0.4, -0.2) is 31.1 Å². The van der Waals surface area contributed by atoms with Gasteiger partial charge in [0.05, 0.1) is 17.9 Å². The van der Waals surface area contributed by atoms with Crippen LogP contribution >= 0.6 is 0 Å². The highest BCUT2D eigenvalue weighted by molar-refractivity contribution is 6.01. The molecule has 1 aromatic carbocycles. The number of hydrogen-bond donors (Lipinski definition) is 3. The summed E-state index contributed by atoms with van der Waals surface area (Å²) in [5.74, 6) is -1.69. The van der Waals surface area contributed by atoms with E-state index in [1.165, 1.54) is 12.5 Å². The Bertz CT molecular complexity index is 601. The molecule has 0 bridgehead atoms. The van der Waals surface area contributed by atoms with Crippen molar-refractivity contribution >= 4 is 23.3 Å². The molecule has 132 valence electrons. The predicted octanol–water partition coefficient (Wildman–Crippen LogP) is 2.45. The fourth-order valence-electron chi connectivity index (χ4n) is 2.82. The number of benzene rings is 1. The molecule has 24 heavy (non-hydrogen) atoms. The lowest BCUT2D eigenvalue weighted by Crippen LogP contribution is -2.31. The van der Waals surface area contributed by atoms with Crippen molar-refractivity contribution in [1.29, 1.82) is 0 Å². The topological polar surface area (TPSA) is 93.4 Å². The number of ether oxygens (including phenoxy) is 1. The molecule has 0 saturated heterocycles. The third-order valence-electron chi connectivity index (χ3n) is 4.05. The lowest BCUT2D eigenvalue weighted by Gasteiger charge is -2.24. The van der Waals surface area contributed by atoms with Crippen LogP contribution in [0.2, 0.25) is 0 Å². The molecule has 0 spiro atoms. The van der Waals surface area contributed by atoms with Gasteiger partial charge in [0.2, 0.25) is 0 Å². The van der Waals surface area contributed by atoms with Crippen molar-refractivity contribution in [2.45, 2.75) is 45.1 Å². The van der Waals surface area contributed by atoms with Crippen LogP contribution in [0.4, 0.5) is 15.8 Å². The molecule has 0 aliphatic heterocycles. The van der Waals surface area contributed by atoms with Crippen LogP contribution in [0.5, 0.6) is 0 Å². The molecule has 0 atom stereocenters. The summed E-state index contributed by atoms with van der Waals surface area (Å²) < 4.78 is 19.0. The Hall–Kier alpha value is -2.31. The quantitative estimate of drug-likeness (QED) is 0.548. The summed E-state index contributed by atoms with van der Waals surface area (Å²) in [4.78, 5) is 23.3. The lowest BCUT2D eigenvalue weighted by atomic mass is 9.95. The Morgan fingerprint density at radius 2 is 2.00 bits per heavy atom. The maximum absolute atomic E-state index is 14.3. The first-order valence-electron chi connectivity index (χ1n) is 8.30. The minimum absolute atomic E-state index is 0.00555. The standard InChI is InChI=1S/C17H24FN3O3/c1-2-24-16(22)10-20-17(23)12-8-13(18)15(9-14(12)19)21-11-6-4-3-5-7-11/h8-9,11,21H,2-7,10,19H2,1H3,(H,20,23). The maximum atomic E-state index is 14.3. The van der Waals surface area contributed by atoms with E-state index < -0.39 is 17.7 Å². The number of anilines is 2. The van der Waals surface area contributed by atoms with Gasteiger partial charge >= 0.3 is 5.97 Å². The van der Waals surface area contributed by atoms with Crippen LogP contribution in [0.1, 0.15) is 49.4 Å². The van der Waals surface area contributed by atoms with Gasteiger partial charge < -0.3 is 21.1 Å². The molecule has 0 aromatic heterocycles. The molecule has 1 amide bonds. The summed E-state index contributed by atoms with van der Waals surface area (Å²) >= 11 is 0. The van der Waals surface area contributed by atoms with E-state index in [1.807, 2.05) is 0 Å². The van der Waals surface area contributed by atoms with E-state index in [1.54, 1.807) is 6.92 Å². The van der Waals surface area contributed by atoms with Gasteiger partial charge in [0.1, 0.15) is 12.4 Å². The number of nitrogens with two attached hydrogens (primary N) is 1. The summed E-state index contributed by atoms with van der Waals surface area (Å²) in [7, 11) is 0. The summed E-state index contributed by atoms with van der Waals surface area (Å²) in [6, 6.07) is 2.76. The smallest absolute Gasteiger partial charge is 0.325 e. The van der Waals surface area contributed by atoms with Crippen molar-refractivity contribution in [1.82, 2.24) is 5.32 Å². The average Bonchev–Trinajstić information content (AvgIpc) is 2.57. The predicted molar refractivity (Wildman–Crippen MR) is 90.3 cm³/mol. The molecular weight excluding hydrogens is 313 g/mol. The van der Waals surface area contributed by atoms with Gasteiger partial charge in [0, 0.05) is 11.7 Å². The van der Waals surface area contributed by atoms with Gasteiger partial charge in [-0.3, -0.25) is 9.59 Å². The summed E-state index contributed by atoms with van der Waals surface area (Å²) in [5.41, 5.74) is 6.35. The first-order chi connectivity index (χ1) is 11.5. The molecule has 1 aliphatic rings. The summed E-state index contributed by atoms with van der Waals surface area (Å²) in [6.45, 7) is 1.62. The van der Waals surface area contributed by atoms with E-state index in [9.17, 15) is 14.0 Å². The minimum atomic E-state index is -0.608. The number of hydrogen-bond acceptors (Lipinski definition) is 5. The van der Waals surface area contributed by atoms with Crippen LogP contribution < -0.4 is 16.4 Å². The molecule has 2 rings (SSSR count). The Labute approximate surface area is 140 Å². The van der Waals surface area contributed by atoms with Gasteiger partial charge in [0.15, 0.2) is 0 Å². The molecule has 0 radical (unpaired) electrons. The summed E-state index contributed by atoms with van der Waals surface area (Å²) in [6.07, 6.45) is 5.47. The van der Waals surface area contributed by atoms with Crippen molar-refractivity contribution in [3.8, 4) is 0 Å². The zero-order chi connectivity index (χ0) is 17.5. The number of amides is 1. The first kappa shape index (κ1) is 18.0. The van der Waals surface area contributed by atoms with Crippen LogP contribution in [-0.2, 0) is 9.53 Å². The van der Waals surface area contributed by atoms with Crippen molar-refractivity contribution in [2.24, 2.45) is 0 Å². The molecule has 6 nitrogen and oxygen atoms in total. The highest BCUT2D eigenvalue weighted by Crippen LogP contribution is 2.26. The van der Waals surface area contributed by atoms with Crippen LogP contribution in [0.3, 0.4) is 0 Å². The molecule has 1 aromatic rings. The van der Waals surface area contributed by atoms with E-state index in [-0.39, 0.29) is 30.4 Å². The average molecular weight is 337 g/mol. The second kappa shape index (κ2) is 8.52. The lowest BCUT2D eigenvalue weighted by molar-refractivity contribution is -0.141. The number of esters is 1. The Kier molecular flexibility index (Phi) is 6.40. The zero-order valence-corrected chi connectivity index (χ0v) is 13.9. The first-order valence-corrected chi connectivity index (χ1v) is 8.30. The Balaban J connectivity index is 2.02. The van der Waals surface area contributed by atoms with E-state index >= 15 is 0 Å². The van der Waals surface area contributed by atoms with Crippen LogP contribution in [0, 0.1) is 5.82 Å². The van der Waals surface area contributed by atoms with Gasteiger partial charge in [-0.25, -0.2) is 4.39 Å². The monoisotopic (exact) mass is 337 g/mol. The normalized spacial score (nSPS) is 14.9. The number of rotatable bonds is 6. The van der Waals surface area contributed by atoms with Gasteiger partial charge in [-0.1, -0.05) is 19.3 Å². The van der Waals surface area contributed by atoms with Gasteiger partial charge in [-0.2, -0.15) is 0 Å². The van der Waals surface area contributed by atoms with Crippen molar-refractivity contribution < 1.29 is 18.7 Å². The largest absolute Gasteiger partial charge is 0.465 e. The molecule has 1 saturated carbocycles. The third-order valence-corrected chi connectivity index (χ3v) is 4.05. The fraction of sp³-hybridized carbons (Fsp3) is 0.529. The van der Waals surface area contributed by atoms with Crippen molar-refractivity contribution in [3.05, 3.63) is 23.5 Å². The number of nitrogens with one attached hydrogen (secondary N) is 2. The van der Waals surface area contributed by atoms with E-state index in [4.69, 9.17) is 10.5 Å². The van der Waals surface area contributed by atoms with Gasteiger partial charge in [-0.05, 0) is 31.9 Å². The van der Waals surface area contributed by atoms with Crippen molar-refractivity contribution in [3.63, 3.8) is 0 Å². The van der Waals surface area contributed by atoms with E-state index in [0.717, 1.165) is 31.7 Å². The van der Waals surface area contributed by atoms with Crippen molar-refractivity contribution in [2.75, 3.05) is 24.2 Å². The van der Waals surface area contributed by atoms with E-state index in [0.29, 0.717) is 5.69 Å². The Morgan fingerprint density at radius 1 is 1.29 bits per heavy atom. The number of halogens is 1. The highest BCUT2D eigenvalue weighted by atomic mass is 19.1. The van der Waals surface area contributed by atoms with Gasteiger partial charge in [0.25, 0.3) is 5.91 Å². The molecule has 7 heteroatoms. The second-order valence-electron chi connectivity index (χ2n) is 5.89. The van der Waals surface area contributed by atoms with Gasteiger partial charge in [-0.15, -0.1) is 0 Å². The molecule has 1 aliphatic carbocycles. The second-order valence-corrected chi connectivity index (χ2v) is 5.89. The molecular formula is C17H24FN3O3. The number of nitrogen functional groups attached to an aromatic ring is 1. The number of carbonyl (C=O) groups is 2. The Morgan fingerprint density at radius 3 is 2.67 bits per heavy atom. The minimum Gasteiger partial charge on any atom is -0.465 e. The van der Waals surface area contributed by atoms with E-state index in [2.05, 4.69) is 10.6 Å². The molecule has 0 unspecified atom stereocenters. The molecule has 0 heterocycles. The molecule has 1 fully saturated rings. The van der Waals surface area contributed by atoms with Crippen LogP contribution in [0.25, 0.3) is 0 Å². The summed E-state index contributed by atoms with van der Waals surface area (Å²) in [5, 5.41) is 5.53. The molecule has 4 N–H and O–H groups in total. The SMILES string of the molecule is CCOC(=O)CNC(=O)c1cc(F)c(NC2CCCCC2)cc1N. The maximum Gasteiger partial charge on any atom is 0.325 e. The van der Waals surface area contributed by atoms with Crippen LogP contribution in [0.15, 0.2) is 12.1 Å². The highest BCUT2D eigenvalue weighted by Gasteiger charge is 2.18.